The SMILES string of the molecule is CCC/C(=N/c1ccccc1)SCC. The molecule has 0 unspecified atom stereocenters. The summed E-state index contributed by atoms with van der Waals surface area (Å²) in [6.07, 6.45) is 2.26. The number of hydrogen-bond donors (Lipinski definition) is 0. The molecule has 0 saturated heterocycles. The van der Waals surface area contributed by atoms with Crippen molar-refractivity contribution in [2.45, 2.75) is 26.7 Å². The van der Waals surface area contributed by atoms with Crippen LogP contribution in [0.4, 0.5) is 5.69 Å². The maximum atomic E-state index is 4.62. The fraction of sp³-hybridized carbons (Fsp3) is 0.417. The molecule has 0 aliphatic rings. The third-order valence-electron chi connectivity index (χ3n) is 1.78. The van der Waals surface area contributed by atoms with Crippen LogP contribution in [0.25, 0.3) is 0 Å². The zero-order chi connectivity index (χ0) is 10.2. The molecule has 0 fully saturated rings. The molecule has 2 heteroatoms. The summed E-state index contributed by atoms with van der Waals surface area (Å²) in [6, 6.07) is 10.2. The molecule has 0 atom stereocenters. The third-order valence-corrected chi connectivity index (χ3v) is 2.70. The molecule has 0 spiro atoms. The zero-order valence-corrected chi connectivity index (χ0v) is 9.68. The molecule has 0 bridgehead atoms. The standard InChI is InChI=1S/C12H17NS/c1-3-8-12(14-4-2)13-11-9-6-5-7-10-11/h5-7,9-10H,3-4,8H2,1-2H3/b13-12-. The van der Waals surface area contributed by atoms with Crippen LogP contribution < -0.4 is 0 Å². The van der Waals surface area contributed by atoms with E-state index in [1.54, 1.807) is 0 Å². The average Bonchev–Trinajstić information content (AvgIpc) is 2.20. The van der Waals surface area contributed by atoms with E-state index in [9.17, 15) is 0 Å². The molecule has 1 rings (SSSR count). The summed E-state index contributed by atoms with van der Waals surface area (Å²) in [5.41, 5.74) is 1.07. The molecule has 0 aliphatic heterocycles. The first kappa shape index (κ1) is 11.3. The summed E-state index contributed by atoms with van der Waals surface area (Å²) in [4.78, 5) is 4.62. The lowest BCUT2D eigenvalue weighted by molar-refractivity contribution is 1.00. The smallest absolute Gasteiger partial charge is 0.0738 e. The van der Waals surface area contributed by atoms with Gasteiger partial charge < -0.3 is 0 Å². The Balaban J connectivity index is 2.71. The Kier molecular flexibility index (Phi) is 5.38. The molecule has 0 saturated carbocycles. The van der Waals surface area contributed by atoms with Crippen molar-refractivity contribution in [1.82, 2.24) is 0 Å². The molecule has 0 radical (unpaired) electrons. The molecule has 0 amide bonds. The topological polar surface area (TPSA) is 12.4 Å². The predicted molar refractivity (Wildman–Crippen MR) is 66.6 cm³/mol. The summed E-state index contributed by atoms with van der Waals surface area (Å²) in [7, 11) is 0. The van der Waals surface area contributed by atoms with Gasteiger partial charge in [-0.15, -0.1) is 11.8 Å². The van der Waals surface area contributed by atoms with Crippen LogP contribution in [0.15, 0.2) is 35.3 Å². The Morgan fingerprint density at radius 1 is 1.21 bits per heavy atom. The van der Waals surface area contributed by atoms with Crippen molar-refractivity contribution >= 4 is 22.5 Å². The van der Waals surface area contributed by atoms with Crippen molar-refractivity contribution in [3.63, 3.8) is 0 Å². The number of rotatable bonds is 4. The minimum absolute atomic E-state index is 1.07. The Bertz CT molecular complexity index is 272. The van der Waals surface area contributed by atoms with Gasteiger partial charge in [-0.2, -0.15) is 0 Å². The van der Waals surface area contributed by atoms with Gasteiger partial charge in [0, 0.05) is 0 Å². The van der Waals surface area contributed by atoms with Crippen LogP contribution in [0.3, 0.4) is 0 Å². The molecule has 14 heavy (non-hydrogen) atoms. The second-order valence-corrected chi connectivity index (χ2v) is 4.36. The van der Waals surface area contributed by atoms with Gasteiger partial charge in [-0.25, -0.2) is 4.99 Å². The minimum atomic E-state index is 1.07. The molecular weight excluding hydrogens is 190 g/mol. The number of benzene rings is 1. The summed E-state index contributed by atoms with van der Waals surface area (Å²) in [5, 5.41) is 1.25. The number of nitrogens with zero attached hydrogens (tertiary/aromatic N) is 1. The maximum absolute atomic E-state index is 4.62. The summed E-state index contributed by atoms with van der Waals surface area (Å²) < 4.78 is 0. The van der Waals surface area contributed by atoms with E-state index in [1.165, 1.54) is 11.5 Å². The van der Waals surface area contributed by atoms with E-state index in [0.717, 1.165) is 17.9 Å². The van der Waals surface area contributed by atoms with E-state index in [1.807, 2.05) is 42.1 Å². The maximum Gasteiger partial charge on any atom is 0.0738 e. The van der Waals surface area contributed by atoms with Crippen LogP contribution in [0.5, 0.6) is 0 Å². The number of thioether (sulfide) groups is 1. The second kappa shape index (κ2) is 6.66. The Morgan fingerprint density at radius 3 is 2.50 bits per heavy atom. The predicted octanol–water partition coefficient (Wildman–Crippen LogP) is 4.27. The van der Waals surface area contributed by atoms with Crippen molar-refractivity contribution in [1.29, 1.82) is 0 Å². The fourth-order valence-corrected chi connectivity index (χ4v) is 2.04. The highest BCUT2D eigenvalue weighted by molar-refractivity contribution is 8.13. The Labute approximate surface area is 90.6 Å². The van der Waals surface area contributed by atoms with Gasteiger partial charge in [0.25, 0.3) is 0 Å². The van der Waals surface area contributed by atoms with Gasteiger partial charge in [-0.3, -0.25) is 0 Å². The summed E-state index contributed by atoms with van der Waals surface area (Å²) in [6.45, 7) is 4.36. The van der Waals surface area contributed by atoms with E-state index in [0.29, 0.717) is 0 Å². The van der Waals surface area contributed by atoms with Gasteiger partial charge in [0.05, 0.1) is 10.7 Å². The molecular formula is C12H17NS. The molecule has 0 aromatic heterocycles. The van der Waals surface area contributed by atoms with E-state index < -0.39 is 0 Å². The van der Waals surface area contributed by atoms with Crippen molar-refractivity contribution in [3.05, 3.63) is 30.3 Å². The van der Waals surface area contributed by atoms with Crippen LogP contribution in [0, 0.1) is 0 Å². The van der Waals surface area contributed by atoms with Crippen LogP contribution in [0.1, 0.15) is 26.7 Å². The number of hydrogen-bond acceptors (Lipinski definition) is 2. The highest BCUT2D eigenvalue weighted by Crippen LogP contribution is 2.17. The van der Waals surface area contributed by atoms with E-state index in [2.05, 4.69) is 18.8 Å². The monoisotopic (exact) mass is 207 g/mol. The van der Waals surface area contributed by atoms with Crippen molar-refractivity contribution < 1.29 is 0 Å². The lowest BCUT2D eigenvalue weighted by Crippen LogP contribution is -1.91. The van der Waals surface area contributed by atoms with E-state index in [4.69, 9.17) is 0 Å². The Hall–Kier alpha value is -0.760. The van der Waals surface area contributed by atoms with Gasteiger partial charge in [-0.1, -0.05) is 38.5 Å². The summed E-state index contributed by atoms with van der Waals surface area (Å²) in [5.74, 6) is 1.10. The van der Waals surface area contributed by atoms with Gasteiger partial charge in [-0.05, 0) is 24.3 Å². The highest BCUT2D eigenvalue weighted by atomic mass is 32.2. The van der Waals surface area contributed by atoms with Gasteiger partial charge >= 0.3 is 0 Å². The van der Waals surface area contributed by atoms with E-state index in [-0.39, 0.29) is 0 Å². The van der Waals surface area contributed by atoms with Gasteiger partial charge in [0.1, 0.15) is 0 Å². The molecule has 76 valence electrons. The second-order valence-electron chi connectivity index (χ2n) is 3.02. The number of para-hydroxylation sites is 1. The van der Waals surface area contributed by atoms with Crippen LogP contribution in [-0.4, -0.2) is 10.8 Å². The van der Waals surface area contributed by atoms with Crippen molar-refractivity contribution in [2.75, 3.05) is 5.75 Å². The first-order valence-electron chi connectivity index (χ1n) is 5.12. The lowest BCUT2D eigenvalue weighted by Gasteiger charge is -2.02. The zero-order valence-electron chi connectivity index (χ0n) is 8.86. The van der Waals surface area contributed by atoms with Crippen LogP contribution >= 0.6 is 11.8 Å². The first-order chi connectivity index (χ1) is 6.86. The van der Waals surface area contributed by atoms with Gasteiger partial charge in [0.2, 0.25) is 0 Å². The quantitative estimate of drug-likeness (QED) is 0.530. The largest absolute Gasteiger partial charge is 0.247 e. The normalized spacial score (nSPS) is 11.7. The summed E-state index contributed by atoms with van der Waals surface area (Å²) >= 11 is 1.85. The Morgan fingerprint density at radius 2 is 1.93 bits per heavy atom. The van der Waals surface area contributed by atoms with Gasteiger partial charge in [0.15, 0.2) is 0 Å². The molecule has 0 aliphatic carbocycles. The molecule has 1 aromatic carbocycles. The molecule has 1 aromatic rings. The fourth-order valence-electron chi connectivity index (χ4n) is 1.19. The molecule has 1 nitrogen and oxygen atoms in total. The van der Waals surface area contributed by atoms with Crippen molar-refractivity contribution in [3.8, 4) is 0 Å². The third kappa shape index (κ3) is 3.97. The highest BCUT2D eigenvalue weighted by Gasteiger charge is 1.97. The number of aliphatic imine (C=N–C) groups is 1. The van der Waals surface area contributed by atoms with Crippen molar-refractivity contribution in [2.24, 2.45) is 4.99 Å². The molecule has 0 N–H and O–H groups in total. The van der Waals surface area contributed by atoms with Crippen LogP contribution in [-0.2, 0) is 0 Å². The lowest BCUT2D eigenvalue weighted by atomic mass is 10.3. The first-order valence-corrected chi connectivity index (χ1v) is 6.10. The van der Waals surface area contributed by atoms with Crippen LogP contribution in [0.2, 0.25) is 0 Å². The molecule has 0 heterocycles. The minimum Gasteiger partial charge on any atom is -0.247 e. The average molecular weight is 207 g/mol. The van der Waals surface area contributed by atoms with E-state index >= 15 is 0 Å².